The van der Waals surface area contributed by atoms with E-state index < -0.39 is 0 Å². The molecule has 0 saturated carbocycles. The third-order valence-electron chi connectivity index (χ3n) is 3.02. The topological polar surface area (TPSA) is 18.5 Å². The molecule has 0 amide bonds. The van der Waals surface area contributed by atoms with Gasteiger partial charge in [0, 0.05) is 6.42 Å². The van der Waals surface area contributed by atoms with Crippen LogP contribution in [0.4, 0.5) is 0 Å². The molecule has 0 aliphatic carbocycles. The largest absolute Gasteiger partial charge is 0.349 e. The van der Waals surface area contributed by atoms with Gasteiger partial charge in [-0.3, -0.25) is 0 Å². The molecule has 130 valence electrons. The molecule has 2 heteroatoms. The zero-order chi connectivity index (χ0) is 17.4. The smallest absolute Gasteiger partial charge is 0.162 e. The molecule has 3 atom stereocenters. The summed E-state index contributed by atoms with van der Waals surface area (Å²) in [5, 5.41) is 0. The van der Waals surface area contributed by atoms with Crippen LogP contribution in [-0.2, 0) is 15.9 Å². The van der Waals surface area contributed by atoms with Gasteiger partial charge in [0.05, 0.1) is 12.2 Å². The number of ether oxygens (including phenoxy) is 2. The first kappa shape index (κ1) is 23.4. The molecule has 2 rings (SSSR count). The second kappa shape index (κ2) is 16.5. The van der Waals surface area contributed by atoms with Crippen LogP contribution in [0.25, 0.3) is 0 Å². The van der Waals surface area contributed by atoms with Crippen molar-refractivity contribution in [2.24, 2.45) is 0 Å². The van der Waals surface area contributed by atoms with Crippen LogP contribution in [-0.4, -0.2) is 18.5 Å². The van der Waals surface area contributed by atoms with Crippen molar-refractivity contribution in [2.75, 3.05) is 0 Å². The Kier molecular flexibility index (Phi) is 17.6. The van der Waals surface area contributed by atoms with Gasteiger partial charge in [-0.1, -0.05) is 78.8 Å². The van der Waals surface area contributed by atoms with Gasteiger partial charge in [0.2, 0.25) is 0 Å². The number of benzene rings is 1. The summed E-state index contributed by atoms with van der Waals surface area (Å²) in [6, 6.07) is 10.4. The molecule has 1 aromatic carbocycles. The lowest BCUT2D eigenvalue weighted by Gasteiger charge is -2.34. The molecule has 1 aliphatic rings. The van der Waals surface area contributed by atoms with Crippen LogP contribution in [0.3, 0.4) is 0 Å². The third kappa shape index (κ3) is 9.97. The van der Waals surface area contributed by atoms with Gasteiger partial charge in [0.15, 0.2) is 6.29 Å². The number of hydrogen-bond acceptors (Lipinski definition) is 2. The highest BCUT2D eigenvalue weighted by Gasteiger charge is 2.26. The van der Waals surface area contributed by atoms with Crippen LogP contribution in [0.1, 0.15) is 73.8 Å². The Labute approximate surface area is 139 Å². The monoisotopic (exact) mass is 310 g/mol. The van der Waals surface area contributed by atoms with Gasteiger partial charge < -0.3 is 9.47 Å². The summed E-state index contributed by atoms with van der Waals surface area (Å²) in [5.74, 6) is 0. The number of hydrogen-bond donors (Lipinski definition) is 0. The molecule has 1 fully saturated rings. The standard InChI is InChI=1S/C14H20O2.3C2H6/c1-3-13-9-11(2)15-14(16-13)10-12-7-5-4-6-8-12;3*1-2/h4-8,11,13-14H,3,9-10H2,1-2H3;3*1-2H3. The SMILES string of the molecule is CC.CC.CC.CCC1CC(C)OC(Cc2ccccc2)O1. The summed E-state index contributed by atoms with van der Waals surface area (Å²) in [7, 11) is 0. The van der Waals surface area contributed by atoms with Gasteiger partial charge in [-0.15, -0.1) is 0 Å². The van der Waals surface area contributed by atoms with Crippen LogP contribution in [0.2, 0.25) is 0 Å². The van der Waals surface area contributed by atoms with E-state index in [0.717, 1.165) is 19.3 Å². The fourth-order valence-electron chi connectivity index (χ4n) is 2.15. The van der Waals surface area contributed by atoms with Crippen LogP contribution in [0.15, 0.2) is 30.3 Å². The van der Waals surface area contributed by atoms with Gasteiger partial charge in [-0.25, -0.2) is 0 Å². The van der Waals surface area contributed by atoms with E-state index in [1.54, 1.807) is 0 Å². The summed E-state index contributed by atoms with van der Waals surface area (Å²) in [4.78, 5) is 0. The molecule has 3 unspecified atom stereocenters. The van der Waals surface area contributed by atoms with Crippen molar-refractivity contribution in [3.8, 4) is 0 Å². The molecule has 1 saturated heterocycles. The predicted octanol–water partition coefficient (Wildman–Crippen LogP) is 6.24. The second-order valence-corrected chi connectivity index (χ2v) is 4.47. The minimum atomic E-state index is -0.0731. The predicted molar refractivity (Wildman–Crippen MR) is 98.3 cm³/mol. The summed E-state index contributed by atoms with van der Waals surface area (Å²) >= 11 is 0. The molecule has 22 heavy (non-hydrogen) atoms. The van der Waals surface area contributed by atoms with Gasteiger partial charge in [-0.05, 0) is 25.3 Å². The Bertz CT molecular complexity index is 311. The van der Waals surface area contributed by atoms with E-state index in [1.807, 2.05) is 47.6 Å². The normalized spacial score (nSPS) is 22.8. The average Bonchev–Trinajstić information content (AvgIpc) is 2.60. The minimum absolute atomic E-state index is 0.0731. The lowest BCUT2D eigenvalue weighted by Crippen LogP contribution is -2.37. The van der Waals surface area contributed by atoms with Crippen LogP contribution in [0.5, 0.6) is 0 Å². The Hall–Kier alpha value is -0.860. The first-order valence-corrected chi connectivity index (χ1v) is 9.12. The molecule has 1 heterocycles. The first-order chi connectivity index (χ1) is 10.8. The summed E-state index contributed by atoms with van der Waals surface area (Å²) in [6.45, 7) is 16.3. The van der Waals surface area contributed by atoms with E-state index >= 15 is 0 Å². The maximum absolute atomic E-state index is 5.89. The lowest BCUT2D eigenvalue weighted by atomic mass is 10.1. The Morgan fingerprint density at radius 1 is 0.909 bits per heavy atom. The van der Waals surface area contributed by atoms with Crippen LogP contribution >= 0.6 is 0 Å². The zero-order valence-corrected chi connectivity index (χ0v) is 16.1. The van der Waals surface area contributed by atoms with E-state index in [4.69, 9.17) is 9.47 Å². The molecule has 0 radical (unpaired) electrons. The first-order valence-electron chi connectivity index (χ1n) is 9.12. The van der Waals surface area contributed by atoms with Gasteiger partial charge in [0.25, 0.3) is 0 Å². The molecule has 0 aromatic heterocycles. The molecular formula is C20H38O2. The molecular weight excluding hydrogens is 272 g/mol. The fourth-order valence-corrected chi connectivity index (χ4v) is 2.15. The highest BCUT2D eigenvalue weighted by Crippen LogP contribution is 2.22. The Morgan fingerprint density at radius 3 is 1.95 bits per heavy atom. The molecule has 0 spiro atoms. The van der Waals surface area contributed by atoms with E-state index in [9.17, 15) is 0 Å². The zero-order valence-electron chi connectivity index (χ0n) is 16.1. The summed E-state index contributed by atoms with van der Waals surface area (Å²) in [6.07, 6.45) is 3.53. The van der Waals surface area contributed by atoms with Crippen molar-refractivity contribution in [3.05, 3.63) is 35.9 Å². The number of rotatable bonds is 3. The molecule has 1 aliphatic heterocycles. The molecule has 1 aromatic rings. The van der Waals surface area contributed by atoms with Crippen molar-refractivity contribution in [3.63, 3.8) is 0 Å². The van der Waals surface area contributed by atoms with Gasteiger partial charge in [-0.2, -0.15) is 0 Å². The van der Waals surface area contributed by atoms with Crippen molar-refractivity contribution in [1.29, 1.82) is 0 Å². The third-order valence-corrected chi connectivity index (χ3v) is 3.02. The van der Waals surface area contributed by atoms with E-state index in [1.165, 1.54) is 5.56 Å². The maximum Gasteiger partial charge on any atom is 0.162 e. The van der Waals surface area contributed by atoms with Crippen molar-refractivity contribution >= 4 is 0 Å². The van der Waals surface area contributed by atoms with Crippen LogP contribution in [0, 0.1) is 0 Å². The van der Waals surface area contributed by atoms with Crippen molar-refractivity contribution < 1.29 is 9.47 Å². The lowest BCUT2D eigenvalue weighted by molar-refractivity contribution is -0.237. The molecule has 0 bridgehead atoms. The van der Waals surface area contributed by atoms with E-state index in [2.05, 4.69) is 38.1 Å². The second-order valence-electron chi connectivity index (χ2n) is 4.47. The minimum Gasteiger partial charge on any atom is -0.349 e. The van der Waals surface area contributed by atoms with E-state index in [0.29, 0.717) is 12.2 Å². The average molecular weight is 311 g/mol. The highest BCUT2D eigenvalue weighted by atomic mass is 16.7. The quantitative estimate of drug-likeness (QED) is 0.658. The summed E-state index contributed by atoms with van der Waals surface area (Å²) in [5.41, 5.74) is 1.27. The van der Waals surface area contributed by atoms with Crippen LogP contribution < -0.4 is 0 Å². The molecule has 0 N–H and O–H groups in total. The van der Waals surface area contributed by atoms with Gasteiger partial charge >= 0.3 is 0 Å². The van der Waals surface area contributed by atoms with Gasteiger partial charge in [0.1, 0.15) is 0 Å². The van der Waals surface area contributed by atoms with Crippen molar-refractivity contribution in [2.45, 2.75) is 93.2 Å². The summed E-state index contributed by atoms with van der Waals surface area (Å²) < 4.78 is 11.7. The van der Waals surface area contributed by atoms with E-state index in [-0.39, 0.29) is 6.29 Å². The highest BCUT2D eigenvalue weighted by molar-refractivity contribution is 5.15. The van der Waals surface area contributed by atoms with Crippen molar-refractivity contribution in [1.82, 2.24) is 0 Å². The fraction of sp³-hybridized carbons (Fsp3) is 0.700. The molecule has 2 nitrogen and oxygen atoms in total. The maximum atomic E-state index is 5.89. The Balaban J connectivity index is 0. The Morgan fingerprint density at radius 2 is 1.45 bits per heavy atom.